The number of hydrogen-bond donors (Lipinski definition) is 0. The average molecular weight is 369 g/mol. The first-order valence-corrected chi connectivity index (χ1v) is 8.96. The van der Waals surface area contributed by atoms with Gasteiger partial charge in [-0.15, -0.1) is 0 Å². The fourth-order valence-corrected chi connectivity index (χ4v) is 2.76. The van der Waals surface area contributed by atoms with Crippen molar-refractivity contribution in [3.8, 4) is 5.75 Å². The maximum Gasteiger partial charge on any atom is 0.338 e. The van der Waals surface area contributed by atoms with Crippen molar-refractivity contribution >= 4 is 17.6 Å². The first kappa shape index (κ1) is 18.9. The predicted octanol–water partition coefficient (Wildman–Crippen LogP) is 3.06. The molecule has 1 aliphatic rings. The Hall–Kier alpha value is -2.86. The van der Waals surface area contributed by atoms with Gasteiger partial charge in [0.1, 0.15) is 12.4 Å². The molecular formula is C21H23NO5. The number of hydrogen-bond acceptors (Lipinski definition) is 5. The van der Waals surface area contributed by atoms with Crippen LogP contribution >= 0.6 is 0 Å². The SMILES string of the molecule is CN(C(=O)COC(=O)c1ccc(OCC2CCCO2)cc1)c1ccccc1. The van der Waals surface area contributed by atoms with Crippen LogP contribution in [0, 0.1) is 0 Å². The molecule has 3 rings (SSSR count). The second-order valence-electron chi connectivity index (χ2n) is 6.33. The molecule has 1 saturated heterocycles. The zero-order valence-electron chi connectivity index (χ0n) is 15.3. The van der Waals surface area contributed by atoms with Crippen LogP contribution in [0.25, 0.3) is 0 Å². The van der Waals surface area contributed by atoms with E-state index in [0.29, 0.717) is 17.9 Å². The smallest absolute Gasteiger partial charge is 0.338 e. The first-order chi connectivity index (χ1) is 13.1. The molecule has 6 nitrogen and oxygen atoms in total. The summed E-state index contributed by atoms with van der Waals surface area (Å²) >= 11 is 0. The van der Waals surface area contributed by atoms with Crippen molar-refractivity contribution in [1.29, 1.82) is 0 Å². The van der Waals surface area contributed by atoms with Crippen molar-refractivity contribution in [3.05, 3.63) is 60.2 Å². The number of carbonyl (C=O) groups is 2. The van der Waals surface area contributed by atoms with E-state index >= 15 is 0 Å². The quantitative estimate of drug-likeness (QED) is 0.702. The van der Waals surface area contributed by atoms with Gasteiger partial charge in [0.15, 0.2) is 6.61 Å². The number of benzene rings is 2. The summed E-state index contributed by atoms with van der Waals surface area (Å²) in [4.78, 5) is 25.7. The third-order valence-corrected chi connectivity index (χ3v) is 4.39. The van der Waals surface area contributed by atoms with Gasteiger partial charge in [-0.25, -0.2) is 4.79 Å². The van der Waals surface area contributed by atoms with E-state index in [1.54, 1.807) is 31.3 Å². The highest BCUT2D eigenvalue weighted by Crippen LogP contribution is 2.17. The Morgan fingerprint density at radius 2 is 1.85 bits per heavy atom. The molecule has 0 radical (unpaired) electrons. The number of esters is 1. The summed E-state index contributed by atoms with van der Waals surface area (Å²) < 4.78 is 16.3. The third-order valence-electron chi connectivity index (χ3n) is 4.39. The molecule has 0 saturated carbocycles. The predicted molar refractivity (Wildman–Crippen MR) is 101 cm³/mol. The highest BCUT2D eigenvalue weighted by Gasteiger charge is 2.17. The van der Waals surface area contributed by atoms with Crippen molar-refractivity contribution in [1.82, 2.24) is 0 Å². The molecular weight excluding hydrogens is 346 g/mol. The summed E-state index contributed by atoms with van der Waals surface area (Å²) in [5.41, 5.74) is 1.11. The Balaban J connectivity index is 1.46. The molecule has 0 aliphatic carbocycles. The van der Waals surface area contributed by atoms with Gasteiger partial charge in [0.25, 0.3) is 5.91 Å². The molecule has 27 heavy (non-hydrogen) atoms. The summed E-state index contributed by atoms with van der Waals surface area (Å²) in [6.45, 7) is 0.975. The van der Waals surface area contributed by atoms with Gasteiger partial charge in [-0.1, -0.05) is 18.2 Å². The molecule has 0 aromatic heterocycles. The Kier molecular flexibility index (Phi) is 6.44. The summed E-state index contributed by atoms with van der Waals surface area (Å²) in [6.07, 6.45) is 2.22. The van der Waals surface area contributed by atoms with E-state index in [9.17, 15) is 9.59 Å². The maximum atomic E-state index is 12.2. The fraction of sp³-hybridized carbons (Fsp3) is 0.333. The summed E-state index contributed by atoms with van der Waals surface area (Å²) in [5.74, 6) is -0.177. The number of nitrogens with zero attached hydrogens (tertiary/aromatic N) is 1. The number of likely N-dealkylation sites (N-methyl/N-ethyl adjacent to an activating group) is 1. The number of anilines is 1. The van der Waals surface area contributed by atoms with E-state index in [1.807, 2.05) is 30.3 Å². The van der Waals surface area contributed by atoms with Gasteiger partial charge >= 0.3 is 5.97 Å². The first-order valence-electron chi connectivity index (χ1n) is 8.96. The van der Waals surface area contributed by atoms with E-state index < -0.39 is 5.97 Å². The molecule has 1 aliphatic heterocycles. The zero-order chi connectivity index (χ0) is 19.1. The van der Waals surface area contributed by atoms with Crippen molar-refractivity contribution in [2.24, 2.45) is 0 Å². The lowest BCUT2D eigenvalue weighted by molar-refractivity contribution is -0.121. The molecule has 0 bridgehead atoms. The van der Waals surface area contributed by atoms with Gasteiger partial charge in [0.05, 0.1) is 11.7 Å². The summed E-state index contributed by atoms with van der Waals surface area (Å²) in [6, 6.07) is 15.9. The zero-order valence-corrected chi connectivity index (χ0v) is 15.3. The summed E-state index contributed by atoms with van der Waals surface area (Å²) in [5, 5.41) is 0. The normalized spacial score (nSPS) is 16.0. The van der Waals surface area contributed by atoms with E-state index in [4.69, 9.17) is 14.2 Å². The maximum absolute atomic E-state index is 12.2. The molecule has 0 N–H and O–H groups in total. The highest BCUT2D eigenvalue weighted by atomic mass is 16.5. The number of carbonyl (C=O) groups excluding carboxylic acids is 2. The summed E-state index contributed by atoms with van der Waals surface area (Å²) in [7, 11) is 1.64. The molecule has 1 fully saturated rings. The van der Waals surface area contributed by atoms with Crippen LogP contribution < -0.4 is 9.64 Å². The van der Waals surface area contributed by atoms with Gasteiger partial charge in [-0.05, 0) is 49.2 Å². The van der Waals surface area contributed by atoms with Crippen molar-refractivity contribution in [2.75, 3.05) is 31.8 Å². The lowest BCUT2D eigenvalue weighted by Crippen LogP contribution is -2.31. The van der Waals surface area contributed by atoms with Crippen molar-refractivity contribution < 1.29 is 23.8 Å². The molecule has 2 aromatic rings. The van der Waals surface area contributed by atoms with Crippen LogP contribution in [0.2, 0.25) is 0 Å². The van der Waals surface area contributed by atoms with Crippen molar-refractivity contribution in [2.45, 2.75) is 18.9 Å². The van der Waals surface area contributed by atoms with Crippen LogP contribution in [0.1, 0.15) is 23.2 Å². The second kappa shape index (κ2) is 9.19. The molecule has 1 unspecified atom stereocenters. The lowest BCUT2D eigenvalue weighted by Gasteiger charge is -2.17. The number of ether oxygens (including phenoxy) is 3. The minimum atomic E-state index is -0.546. The van der Waals surface area contributed by atoms with E-state index in [2.05, 4.69) is 0 Å². The fourth-order valence-electron chi connectivity index (χ4n) is 2.76. The highest BCUT2D eigenvalue weighted by molar-refractivity contribution is 5.96. The third kappa shape index (κ3) is 5.31. The molecule has 1 amide bonds. The van der Waals surface area contributed by atoms with Gasteiger partial charge < -0.3 is 19.1 Å². The number of amides is 1. The molecule has 1 atom stereocenters. The standard InChI is InChI=1S/C21H23NO5/c1-22(17-6-3-2-4-7-17)20(23)15-27-21(24)16-9-11-18(12-10-16)26-14-19-8-5-13-25-19/h2-4,6-7,9-12,19H,5,8,13-15H2,1H3. The second-order valence-corrected chi connectivity index (χ2v) is 6.33. The molecule has 2 aromatic carbocycles. The lowest BCUT2D eigenvalue weighted by atomic mass is 10.2. The Morgan fingerprint density at radius 3 is 2.52 bits per heavy atom. The monoisotopic (exact) mass is 369 g/mol. The van der Waals surface area contributed by atoms with Crippen LogP contribution in [0.5, 0.6) is 5.75 Å². The molecule has 142 valence electrons. The van der Waals surface area contributed by atoms with Gasteiger partial charge in [0.2, 0.25) is 0 Å². The van der Waals surface area contributed by atoms with Crippen LogP contribution in [-0.4, -0.2) is 44.8 Å². The minimum Gasteiger partial charge on any atom is -0.491 e. The van der Waals surface area contributed by atoms with Gasteiger partial charge in [-0.3, -0.25) is 4.79 Å². The number of para-hydroxylation sites is 1. The van der Waals surface area contributed by atoms with E-state index in [1.165, 1.54) is 4.90 Å². The molecule has 1 heterocycles. The molecule has 6 heteroatoms. The van der Waals surface area contributed by atoms with Crippen LogP contribution in [-0.2, 0) is 14.3 Å². The van der Waals surface area contributed by atoms with E-state index in [-0.39, 0.29) is 18.6 Å². The Bertz CT molecular complexity index is 754. The largest absolute Gasteiger partial charge is 0.491 e. The van der Waals surface area contributed by atoms with Gasteiger partial charge in [-0.2, -0.15) is 0 Å². The van der Waals surface area contributed by atoms with E-state index in [0.717, 1.165) is 25.1 Å². The Morgan fingerprint density at radius 1 is 1.11 bits per heavy atom. The molecule has 0 spiro atoms. The Labute approximate surface area is 158 Å². The van der Waals surface area contributed by atoms with Crippen LogP contribution in [0.3, 0.4) is 0 Å². The average Bonchev–Trinajstić information content (AvgIpc) is 3.24. The van der Waals surface area contributed by atoms with Crippen LogP contribution in [0.4, 0.5) is 5.69 Å². The van der Waals surface area contributed by atoms with Crippen molar-refractivity contribution in [3.63, 3.8) is 0 Å². The number of rotatable bonds is 7. The van der Waals surface area contributed by atoms with Gasteiger partial charge in [0, 0.05) is 19.3 Å². The minimum absolute atomic E-state index is 0.141. The van der Waals surface area contributed by atoms with Crippen LogP contribution in [0.15, 0.2) is 54.6 Å². The topological polar surface area (TPSA) is 65.1 Å².